The van der Waals surface area contributed by atoms with Crippen LogP contribution in [-0.2, 0) is 14.3 Å². The van der Waals surface area contributed by atoms with Gasteiger partial charge in [0.25, 0.3) is 5.91 Å². The van der Waals surface area contributed by atoms with E-state index < -0.39 is 0 Å². The molecule has 0 aliphatic rings. The molecule has 0 aliphatic carbocycles. The van der Waals surface area contributed by atoms with Gasteiger partial charge in [0.1, 0.15) is 5.75 Å². The molecule has 0 unspecified atom stereocenters. The van der Waals surface area contributed by atoms with Gasteiger partial charge in [-0.25, -0.2) is 0 Å². The van der Waals surface area contributed by atoms with Gasteiger partial charge in [-0.15, -0.1) is 0 Å². The van der Waals surface area contributed by atoms with Crippen molar-refractivity contribution in [2.24, 2.45) is 5.92 Å². The summed E-state index contributed by atoms with van der Waals surface area (Å²) in [5.74, 6) is 0.784. The molecule has 0 aromatic heterocycles. The van der Waals surface area contributed by atoms with E-state index in [0.29, 0.717) is 19.0 Å². The first-order valence-corrected chi connectivity index (χ1v) is 8.38. The summed E-state index contributed by atoms with van der Waals surface area (Å²) in [5.41, 5.74) is 2.09. The highest BCUT2D eigenvalue weighted by Gasteiger charge is 2.17. The number of esters is 1. The first-order valence-electron chi connectivity index (χ1n) is 8.38. The van der Waals surface area contributed by atoms with E-state index in [9.17, 15) is 9.59 Å². The van der Waals surface area contributed by atoms with Gasteiger partial charge >= 0.3 is 5.97 Å². The number of amides is 1. The van der Waals surface area contributed by atoms with Crippen LogP contribution < -0.4 is 4.74 Å². The largest absolute Gasteiger partial charge is 0.483 e. The number of benzene rings is 1. The van der Waals surface area contributed by atoms with Gasteiger partial charge in [0, 0.05) is 13.1 Å². The summed E-state index contributed by atoms with van der Waals surface area (Å²) in [7, 11) is 1.35. The molecule has 0 bridgehead atoms. The van der Waals surface area contributed by atoms with E-state index in [1.165, 1.54) is 7.11 Å². The molecule has 1 rings (SSSR count). The van der Waals surface area contributed by atoms with Crippen LogP contribution in [0.2, 0.25) is 0 Å². The second-order valence-electron chi connectivity index (χ2n) is 6.45. The molecule has 0 spiro atoms. The minimum absolute atomic E-state index is 0.0242. The lowest BCUT2D eigenvalue weighted by Gasteiger charge is -2.23. The van der Waals surface area contributed by atoms with Crippen LogP contribution in [0, 0.1) is 19.8 Å². The average molecular weight is 335 g/mol. The number of rotatable bonds is 9. The van der Waals surface area contributed by atoms with Crippen molar-refractivity contribution in [2.75, 3.05) is 26.8 Å². The highest BCUT2D eigenvalue weighted by atomic mass is 16.5. The van der Waals surface area contributed by atoms with Crippen LogP contribution in [0.15, 0.2) is 18.2 Å². The minimum Gasteiger partial charge on any atom is -0.483 e. The van der Waals surface area contributed by atoms with E-state index in [4.69, 9.17) is 4.74 Å². The van der Waals surface area contributed by atoms with Crippen molar-refractivity contribution < 1.29 is 19.1 Å². The summed E-state index contributed by atoms with van der Waals surface area (Å²) in [6, 6.07) is 5.91. The number of aryl methyl sites for hydroxylation is 2. The van der Waals surface area contributed by atoms with Crippen LogP contribution in [-0.4, -0.2) is 43.6 Å². The molecule has 134 valence electrons. The quantitative estimate of drug-likeness (QED) is 0.651. The molecule has 0 saturated heterocycles. The van der Waals surface area contributed by atoms with E-state index in [1.807, 2.05) is 32.0 Å². The second-order valence-corrected chi connectivity index (χ2v) is 6.45. The van der Waals surface area contributed by atoms with Crippen molar-refractivity contribution in [2.45, 2.75) is 40.5 Å². The van der Waals surface area contributed by atoms with Crippen molar-refractivity contribution in [3.8, 4) is 5.75 Å². The lowest BCUT2D eigenvalue weighted by molar-refractivity contribution is -0.142. The van der Waals surface area contributed by atoms with Crippen LogP contribution in [0.1, 0.15) is 37.8 Å². The van der Waals surface area contributed by atoms with E-state index in [2.05, 4.69) is 18.6 Å². The van der Waals surface area contributed by atoms with Gasteiger partial charge in [-0.05, 0) is 43.4 Å². The monoisotopic (exact) mass is 335 g/mol. The zero-order valence-electron chi connectivity index (χ0n) is 15.4. The van der Waals surface area contributed by atoms with Gasteiger partial charge in [-0.3, -0.25) is 9.59 Å². The fraction of sp³-hybridized carbons (Fsp3) is 0.579. The Labute approximate surface area is 144 Å². The number of nitrogens with zero attached hydrogens (tertiary/aromatic N) is 1. The number of methoxy groups -OCH3 is 1. The molecular weight excluding hydrogens is 306 g/mol. The first-order chi connectivity index (χ1) is 11.3. The zero-order valence-corrected chi connectivity index (χ0v) is 15.4. The van der Waals surface area contributed by atoms with E-state index in [1.54, 1.807) is 4.90 Å². The third kappa shape index (κ3) is 7.02. The minimum atomic E-state index is -0.312. The second kappa shape index (κ2) is 9.96. The Balaban J connectivity index is 2.64. The average Bonchev–Trinajstić information content (AvgIpc) is 2.54. The van der Waals surface area contributed by atoms with Crippen LogP contribution in [0.5, 0.6) is 5.75 Å². The van der Waals surface area contributed by atoms with Crippen molar-refractivity contribution in [3.05, 3.63) is 29.3 Å². The van der Waals surface area contributed by atoms with Gasteiger partial charge in [0.15, 0.2) is 6.61 Å². The Morgan fingerprint density at radius 2 is 1.88 bits per heavy atom. The maximum Gasteiger partial charge on any atom is 0.307 e. The molecule has 0 heterocycles. The van der Waals surface area contributed by atoms with Crippen molar-refractivity contribution in [3.63, 3.8) is 0 Å². The third-order valence-electron chi connectivity index (χ3n) is 3.84. The molecule has 0 radical (unpaired) electrons. The molecule has 1 amide bonds. The smallest absolute Gasteiger partial charge is 0.307 e. The predicted octanol–water partition coefficient (Wildman–Crippen LogP) is 3.12. The van der Waals surface area contributed by atoms with Crippen LogP contribution in [0.3, 0.4) is 0 Å². The van der Waals surface area contributed by atoms with Crippen LogP contribution in [0.25, 0.3) is 0 Å². The maximum absolute atomic E-state index is 12.5. The van der Waals surface area contributed by atoms with Gasteiger partial charge in [0.05, 0.1) is 13.5 Å². The van der Waals surface area contributed by atoms with Crippen molar-refractivity contribution in [1.29, 1.82) is 0 Å². The first kappa shape index (κ1) is 20.0. The number of hydrogen-bond donors (Lipinski definition) is 0. The Hall–Kier alpha value is -2.04. The van der Waals surface area contributed by atoms with Gasteiger partial charge in [0.2, 0.25) is 0 Å². The maximum atomic E-state index is 12.5. The van der Waals surface area contributed by atoms with Crippen LogP contribution in [0.4, 0.5) is 0 Å². The fourth-order valence-electron chi connectivity index (χ4n) is 2.20. The highest BCUT2D eigenvalue weighted by molar-refractivity contribution is 5.78. The SMILES string of the molecule is COC(=O)CCN(CCC(C)C)C(=O)COc1cc(C)ccc1C. The normalized spacial score (nSPS) is 10.6. The van der Waals surface area contributed by atoms with Gasteiger partial charge in [-0.1, -0.05) is 26.0 Å². The van der Waals surface area contributed by atoms with Gasteiger partial charge in [-0.2, -0.15) is 0 Å². The molecule has 0 N–H and O–H groups in total. The summed E-state index contributed by atoms with van der Waals surface area (Å²) in [4.78, 5) is 25.5. The summed E-state index contributed by atoms with van der Waals surface area (Å²) >= 11 is 0. The van der Waals surface area contributed by atoms with Crippen molar-refractivity contribution in [1.82, 2.24) is 4.90 Å². The third-order valence-corrected chi connectivity index (χ3v) is 3.84. The van der Waals surface area contributed by atoms with Gasteiger partial charge < -0.3 is 14.4 Å². The Morgan fingerprint density at radius 3 is 2.50 bits per heavy atom. The summed E-state index contributed by atoms with van der Waals surface area (Å²) in [6.45, 7) is 9.10. The molecule has 0 fully saturated rings. The Morgan fingerprint density at radius 1 is 1.17 bits per heavy atom. The highest BCUT2D eigenvalue weighted by Crippen LogP contribution is 2.19. The molecule has 0 atom stereocenters. The summed E-state index contributed by atoms with van der Waals surface area (Å²) in [6.07, 6.45) is 1.08. The summed E-state index contributed by atoms with van der Waals surface area (Å²) < 4.78 is 10.3. The molecule has 0 aliphatic heterocycles. The molecule has 1 aromatic rings. The standard InChI is InChI=1S/C19H29NO4/c1-14(2)8-10-20(11-9-19(22)23-5)18(21)13-24-17-12-15(3)6-7-16(17)4/h6-7,12,14H,8-11,13H2,1-5H3. The van der Waals surface area contributed by atoms with E-state index >= 15 is 0 Å². The topological polar surface area (TPSA) is 55.8 Å². The molecule has 1 aromatic carbocycles. The number of ether oxygens (including phenoxy) is 2. The molecule has 5 heteroatoms. The predicted molar refractivity (Wildman–Crippen MR) is 94.1 cm³/mol. The molecule has 5 nitrogen and oxygen atoms in total. The lowest BCUT2D eigenvalue weighted by atomic mass is 10.1. The Bertz CT molecular complexity index is 554. The zero-order chi connectivity index (χ0) is 18.1. The Kier molecular flexibility index (Phi) is 8.30. The van der Waals surface area contributed by atoms with Crippen LogP contribution >= 0.6 is 0 Å². The molecular formula is C19H29NO4. The number of carbonyl (C=O) groups is 2. The fourth-order valence-corrected chi connectivity index (χ4v) is 2.20. The van der Waals surface area contributed by atoms with E-state index in [-0.39, 0.29) is 24.9 Å². The van der Waals surface area contributed by atoms with Crippen molar-refractivity contribution >= 4 is 11.9 Å². The number of carbonyl (C=O) groups excluding carboxylic acids is 2. The lowest BCUT2D eigenvalue weighted by Crippen LogP contribution is -2.37. The molecule has 0 saturated carbocycles. The molecule has 24 heavy (non-hydrogen) atoms. The summed E-state index contributed by atoms with van der Waals surface area (Å²) in [5, 5.41) is 0. The van der Waals surface area contributed by atoms with E-state index in [0.717, 1.165) is 23.3 Å². The number of hydrogen-bond acceptors (Lipinski definition) is 4.